The summed E-state index contributed by atoms with van der Waals surface area (Å²) >= 11 is 1.06. The molecule has 144 valence electrons. The lowest BCUT2D eigenvalue weighted by atomic mass is 10.1. The lowest BCUT2D eigenvalue weighted by molar-refractivity contribution is -0.137. The molecule has 3 rings (SSSR count). The van der Waals surface area contributed by atoms with E-state index in [0.29, 0.717) is 10.4 Å². The Morgan fingerprint density at radius 3 is 2.25 bits per heavy atom. The van der Waals surface area contributed by atoms with Crippen LogP contribution in [0.25, 0.3) is 16.5 Å². The minimum Gasteiger partial charge on any atom is -0.505 e. The lowest BCUT2D eigenvalue weighted by Gasteiger charge is -2.06. The number of benzene rings is 2. The van der Waals surface area contributed by atoms with E-state index in [-0.39, 0.29) is 10.4 Å². The van der Waals surface area contributed by atoms with Gasteiger partial charge in [0, 0.05) is 10.4 Å². The molecule has 28 heavy (non-hydrogen) atoms. The number of alkyl halides is 3. The van der Waals surface area contributed by atoms with Gasteiger partial charge in [0.05, 0.1) is 10.4 Å². The van der Waals surface area contributed by atoms with Crippen molar-refractivity contribution >= 4 is 23.2 Å². The third-order valence-corrected chi connectivity index (χ3v) is 5.00. The Kier molecular flexibility index (Phi) is 5.33. The molecule has 1 heterocycles. The third-order valence-electron chi connectivity index (χ3n) is 3.85. The smallest absolute Gasteiger partial charge is 0.416 e. The molecule has 0 amide bonds. The molecular weight excluding hydrogens is 399 g/mol. The Labute approximate surface area is 160 Å². The first kappa shape index (κ1) is 19.8. The molecule has 0 aliphatic rings. The van der Waals surface area contributed by atoms with Crippen LogP contribution in [0.3, 0.4) is 0 Å². The van der Waals surface area contributed by atoms with E-state index < -0.39 is 34.9 Å². The van der Waals surface area contributed by atoms with Gasteiger partial charge in [-0.2, -0.15) is 17.6 Å². The standard InChI is InChI=1S/C20H11F5O2S/c21-18-12(4-8-15(27)19(18)22)3-7-14(26)17-10-9-16(28-17)11-1-5-13(6-2-11)20(23,24)25/h1-10,27H/b7-3+. The second-order valence-electron chi connectivity index (χ2n) is 5.74. The fraction of sp³-hybridized carbons (Fsp3) is 0.0500. The van der Waals surface area contributed by atoms with E-state index >= 15 is 0 Å². The van der Waals surface area contributed by atoms with Gasteiger partial charge in [0.15, 0.2) is 17.3 Å². The van der Waals surface area contributed by atoms with E-state index in [1.807, 2.05) is 0 Å². The number of phenols is 1. The van der Waals surface area contributed by atoms with Crippen molar-refractivity contribution in [2.24, 2.45) is 0 Å². The zero-order chi connectivity index (χ0) is 20.5. The quantitative estimate of drug-likeness (QED) is 0.311. The van der Waals surface area contributed by atoms with Crippen LogP contribution in [0.1, 0.15) is 20.8 Å². The maximum absolute atomic E-state index is 13.7. The number of halogens is 5. The Morgan fingerprint density at radius 2 is 1.61 bits per heavy atom. The van der Waals surface area contributed by atoms with Crippen molar-refractivity contribution in [2.75, 3.05) is 0 Å². The van der Waals surface area contributed by atoms with Crippen molar-refractivity contribution in [3.63, 3.8) is 0 Å². The van der Waals surface area contributed by atoms with E-state index in [1.165, 1.54) is 18.2 Å². The van der Waals surface area contributed by atoms with Crippen molar-refractivity contribution in [3.05, 3.63) is 82.2 Å². The predicted molar refractivity (Wildman–Crippen MR) is 96.1 cm³/mol. The largest absolute Gasteiger partial charge is 0.505 e. The van der Waals surface area contributed by atoms with E-state index in [4.69, 9.17) is 5.11 Å². The number of carbonyl (C=O) groups excluding carboxylic acids is 1. The molecule has 0 bridgehead atoms. The average molecular weight is 410 g/mol. The zero-order valence-corrected chi connectivity index (χ0v) is 14.7. The van der Waals surface area contributed by atoms with Crippen LogP contribution in [0.5, 0.6) is 5.75 Å². The van der Waals surface area contributed by atoms with Crippen LogP contribution in [0.15, 0.2) is 54.6 Å². The van der Waals surface area contributed by atoms with E-state index in [2.05, 4.69) is 0 Å². The van der Waals surface area contributed by atoms with Gasteiger partial charge in [0.25, 0.3) is 0 Å². The Morgan fingerprint density at radius 1 is 0.929 bits per heavy atom. The zero-order valence-electron chi connectivity index (χ0n) is 13.9. The molecule has 1 aromatic heterocycles. The Bertz CT molecular complexity index is 1050. The summed E-state index contributed by atoms with van der Waals surface area (Å²) in [5.74, 6) is -3.99. The van der Waals surface area contributed by atoms with Crippen molar-refractivity contribution in [2.45, 2.75) is 6.18 Å². The van der Waals surface area contributed by atoms with Crippen LogP contribution < -0.4 is 0 Å². The first-order chi connectivity index (χ1) is 13.2. The fourth-order valence-corrected chi connectivity index (χ4v) is 3.31. The first-order valence-corrected chi connectivity index (χ1v) is 8.65. The topological polar surface area (TPSA) is 37.3 Å². The summed E-state index contributed by atoms with van der Waals surface area (Å²) in [6, 6.07) is 9.72. The van der Waals surface area contributed by atoms with E-state index in [0.717, 1.165) is 47.8 Å². The molecule has 8 heteroatoms. The molecule has 0 unspecified atom stereocenters. The third kappa shape index (κ3) is 4.12. The van der Waals surface area contributed by atoms with Gasteiger partial charge in [-0.1, -0.05) is 12.1 Å². The molecule has 0 aliphatic carbocycles. The average Bonchev–Trinajstić information content (AvgIpc) is 3.15. The molecule has 1 N–H and O–H groups in total. The number of aromatic hydroxyl groups is 1. The summed E-state index contributed by atoms with van der Waals surface area (Å²) in [5.41, 5.74) is -0.453. The summed E-state index contributed by atoms with van der Waals surface area (Å²) in [5, 5.41) is 9.09. The van der Waals surface area contributed by atoms with Gasteiger partial charge in [0.2, 0.25) is 5.82 Å². The van der Waals surface area contributed by atoms with Gasteiger partial charge >= 0.3 is 6.18 Å². The van der Waals surface area contributed by atoms with E-state index in [9.17, 15) is 26.7 Å². The fourth-order valence-electron chi connectivity index (χ4n) is 2.38. The van der Waals surface area contributed by atoms with Gasteiger partial charge in [0.1, 0.15) is 0 Å². The van der Waals surface area contributed by atoms with Gasteiger partial charge in [-0.25, -0.2) is 4.39 Å². The molecule has 0 atom stereocenters. The molecule has 0 saturated carbocycles. The molecule has 2 aromatic carbocycles. The molecule has 0 aliphatic heterocycles. The summed E-state index contributed by atoms with van der Waals surface area (Å²) < 4.78 is 64.9. The highest BCUT2D eigenvalue weighted by atomic mass is 32.1. The Hall–Kier alpha value is -3.00. The van der Waals surface area contributed by atoms with Gasteiger partial charge in [-0.05, 0) is 54.1 Å². The second-order valence-corrected chi connectivity index (χ2v) is 6.82. The number of carbonyl (C=O) groups is 1. The molecular formula is C20H11F5O2S. The number of thiophene rings is 1. The molecule has 3 aromatic rings. The van der Waals surface area contributed by atoms with Crippen LogP contribution in [0.2, 0.25) is 0 Å². The summed E-state index contributed by atoms with van der Waals surface area (Å²) in [6.07, 6.45) is -2.29. The first-order valence-electron chi connectivity index (χ1n) is 7.83. The highest BCUT2D eigenvalue weighted by Crippen LogP contribution is 2.33. The number of hydrogen-bond acceptors (Lipinski definition) is 3. The van der Waals surface area contributed by atoms with Crippen LogP contribution in [0.4, 0.5) is 22.0 Å². The molecule has 2 nitrogen and oxygen atoms in total. The lowest BCUT2D eigenvalue weighted by Crippen LogP contribution is -2.03. The SMILES string of the molecule is O=C(/C=C/c1ccc(O)c(F)c1F)c1ccc(-c2ccc(C(F)(F)F)cc2)s1. The van der Waals surface area contributed by atoms with Gasteiger partial charge in [-0.3, -0.25) is 4.79 Å². The number of rotatable bonds is 4. The van der Waals surface area contributed by atoms with Gasteiger partial charge in [-0.15, -0.1) is 11.3 Å². The van der Waals surface area contributed by atoms with Crippen LogP contribution >= 0.6 is 11.3 Å². The monoisotopic (exact) mass is 410 g/mol. The molecule has 0 radical (unpaired) electrons. The summed E-state index contributed by atoms with van der Waals surface area (Å²) in [6.45, 7) is 0. The van der Waals surface area contributed by atoms with Crippen LogP contribution in [0, 0.1) is 11.6 Å². The van der Waals surface area contributed by atoms with Gasteiger partial charge < -0.3 is 5.11 Å². The minimum atomic E-state index is -4.43. The van der Waals surface area contributed by atoms with Crippen LogP contribution in [-0.2, 0) is 6.18 Å². The number of hydrogen-bond donors (Lipinski definition) is 1. The number of phenolic OH excluding ortho intramolecular Hbond substituents is 1. The summed E-state index contributed by atoms with van der Waals surface area (Å²) in [4.78, 5) is 13.1. The van der Waals surface area contributed by atoms with E-state index in [1.54, 1.807) is 6.07 Å². The highest BCUT2D eigenvalue weighted by Gasteiger charge is 2.30. The van der Waals surface area contributed by atoms with Crippen molar-refractivity contribution in [3.8, 4) is 16.2 Å². The number of ketones is 1. The predicted octanol–water partition coefficient (Wildman–Crippen LogP) is 6.31. The molecule has 0 spiro atoms. The molecule has 0 fully saturated rings. The second kappa shape index (κ2) is 7.55. The maximum Gasteiger partial charge on any atom is 0.416 e. The van der Waals surface area contributed by atoms with Crippen LogP contribution in [-0.4, -0.2) is 10.9 Å². The Balaban J connectivity index is 1.78. The minimum absolute atomic E-state index is 0.205. The maximum atomic E-state index is 13.7. The van der Waals surface area contributed by atoms with Crippen molar-refractivity contribution in [1.82, 2.24) is 0 Å². The summed E-state index contributed by atoms with van der Waals surface area (Å²) in [7, 11) is 0. The number of allylic oxidation sites excluding steroid dienone is 1. The highest BCUT2D eigenvalue weighted by molar-refractivity contribution is 7.17. The van der Waals surface area contributed by atoms with Crippen molar-refractivity contribution in [1.29, 1.82) is 0 Å². The normalized spacial score (nSPS) is 11.9. The van der Waals surface area contributed by atoms with Crippen molar-refractivity contribution < 1.29 is 31.9 Å². The molecule has 0 saturated heterocycles.